The Morgan fingerprint density at radius 3 is 1.59 bits per heavy atom. The maximum absolute atomic E-state index is 4.72. The molecule has 0 aliphatic rings. The van der Waals surface area contributed by atoms with E-state index in [1.165, 1.54) is 0 Å². The summed E-state index contributed by atoms with van der Waals surface area (Å²) in [6, 6.07) is 24.6. The Bertz CT molecular complexity index is 1130. The van der Waals surface area contributed by atoms with E-state index in [1.807, 2.05) is 49.6 Å². The summed E-state index contributed by atoms with van der Waals surface area (Å²) in [4.78, 5) is 13.1. The van der Waals surface area contributed by atoms with E-state index in [1.54, 1.807) is 12.4 Å². The Morgan fingerprint density at radius 2 is 1.14 bits per heavy atom. The third kappa shape index (κ3) is 4.36. The summed E-state index contributed by atoms with van der Waals surface area (Å²) in [6.45, 7) is 6.16. The fourth-order valence-corrected chi connectivity index (χ4v) is 3.16. The summed E-state index contributed by atoms with van der Waals surface area (Å²) < 4.78 is 0. The van der Waals surface area contributed by atoms with Gasteiger partial charge in [0.05, 0.1) is 5.70 Å². The summed E-state index contributed by atoms with van der Waals surface area (Å²) in [5.74, 6) is 0. The average Bonchev–Trinajstić information content (AvgIpc) is 2.80. The number of benzene rings is 2. The maximum atomic E-state index is 4.72. The summed E-state index contributed by atoms with van der Waals surface area (Å²) in [5, 5.41) is 0. The zero-order chi connectivity index (χ0) is 20.1. The molecule has 0 atom stereocenters. The summed E-state index contributed by atoms with van der Waals surface area (Å²) in [7, 11) is 0. The molecule has 4 rings (SSSR count). The highest BCUT2D eigenvalue weighted by molar-refractivity contribution is 6.01. The fraction of sp³-hybridized carbons (Fsp3) is 0.0385. The first-order chi connectivity index (χ1) is 14.2. The molecule has 0 fully saturated rings. The van der Waals surface area contributed by atoms with Gasteiger partial charge >= 0.3 is 0 Å². The van der Waals surface area contributed by atoms with Crippen molar-refractivity contribution in [2.24, 2.45) is 4.99 Å². The Kier molecular flexibility index (Phi) is 5.39. The van der Waals surface area contributed by atoms with E-state index in [-0.39, 0.29) is 0 Å². The quantitative estimate of drug-likeness (QED) is 0.384. The molecule has 0 unspecified atom stereocenters. The monoisotopic (exact) mass is 375 g/mol. The molecule has 2 aromatic heterocycles. The standard InChI is InChI=1S/C26H21N3/c1-19(21-7-11-23(12-8-21)25-5-3-15-27-17-25)29-20(2)22-9-13-24(14-10-22)26-6-4-16-28-18-26/h3-18H,1H2,2H3. The van der Waals surface area contributed by atoms with E-state index in [0.717, 1.165) is 44.8 Å². The van der Waals surface area contributed by atoms with Crippen LogP contribution in [0.5, 0.6) is 0 Å². The minimum absolute atomic E-state index is 0.747. The van der Waals surface area contributed by atoms with Crippen LogP contribution in [-0.2, 0) is 0 Å². The zero-order valence-electron chi connectivity index (χ0n) is 16.3. The second kappa shape index (κ2) is 8.44. The van der Waals surface area contributed by atoms with Gasteiger partial charge in [0.2, 0.25) is 0 Å². The minimum Gasteiger partial charge on any atom is -0.264 e. The van der Waals surface area contributed by atoms with Crippen LogP contribution in [0.3, 0.4) is 0 Å². The number of aliphatic imine (C=N–C) groups is 1. The largest absolute Gasteiger partial charge is 0.264 e. The molecule has 3 heteroatoms. The van der Waals surface area contributed by atoms with E-state index in [4.69, 9.17) is 4.99 Å². The van der Waals surface area contributed by atoms with E-state index in [2.05, 4.69) is 59.0 Å². The van der Waals surface area contributed by atoms with E-state index in [9.17, 15) is 0 Å². The molecule has 4 aromatic rings. The third-order valence-electron chi connectivity index (χ3n) is 4.81. The van der Waals surface area contributed by atoms with E-state index < -0.39 is 0 Å². The number of nitrogens with zero attached hydrogens (tertiary/aromatic N) is 3. The lowest BCUT2D eigenvalue weighted by molar-refractivity contribution is 1.33. The Hall–Kier alpha value is -3.85. The van der Waals surface area contributed by atoms with Gasteiger partial charge in [-0.1, -0.05) is 67.2 Å². The average molecular weight is 375 g/mol. The summed E-state index contributed by atoms with van der Waals surface area (Å²) >= 11 is 0. The first kappa shape index (κ1) is 18.5. The van der Waals surface area contributed by atoms with Crippen LogP contribution in [0.25, 0.3) is 28.0 Å². The first-order valence-corrected chi connectivity index (χ1v) is 9.46. The van der Waals surface area contributed by atoms with Crippen molar-refractivity contribution >= 4 is 11.4 Å². The van der Waals surface area contributed by atoms with Gasteiger partial charge in [-0.2, -0.15) is 0 Å². The van der Waals surface area contributed by atoms with Gasteiger partial charge in [0.25, 0.3) is 0 Å². The van der Waals surface area contributed by atoms with Crippen LogP contribution in [0, 0.1) is 0 Å². The fourth-order valence-electron chi connectivity index (χ4n) is 3.16. The van der Waals surface area contributed by atoms with Crippen molar-refractivity contribution in [3.63, 3.8) is 0 Å². The van der Waals surface area contributed by atoms with Crippen molar-refractivity contribution in [2.45, 2.75) is 6.92 Å². The lowest BCUT2D eigenvalue weighted by Gasteiger charge is -2.07. The second-order valence-corrected chi connectivity index (χ2v) is 6.78. The van der Waals surface area contributed by atoms with Crippen LogP contribution in [-0.4, -0.2) is 15.7 Å². The normalized spacial score (nSPS) is 11.3. The second-order valence-electron chi connectivity index (χ2n) is 6.78. The molecule has 2 aromatic carbocycles. The van der Waals surface area contributed by atoms with Crippen molar-refractivity contribution < 1.29 is 0 Å². The molecule has 0 bridgehead atoms. The number of hydrogen-bond acceptors (Lipinski definition) is 3. The molecule has 0 aliphatic heterocycles. The number of rotatable bonds is 5. The molecule has 0 radical (unpaired) electrons. The van der Waals surface area contributed by atoms with Crippen molar-refractivity contribution in [1.82, 2.24) is 9.97 Å². The maximum Gasteiger partial charge on any atom is 0.0633 e. The van der Waals surface area contributed by atoms with Crippen LogP contribution in [0.2, 0.25) is 0 Å². The molecule has 0 amide bonds. The van der Waals surface area contributed by atoms with Crippen molar-refractivity contribution in [1.29, 1.82) is 0 Å². The highest BCUT2D eigenvalue weighted by Crippen LogP contribution is 2.23. The third-order valence-corrected chi connectivity index (χ3v) is 4.81. The Labute approximate surface area is 171 Å². The Morgan fingerprint density at radius 1 is 0.655 bits per heavy atom. The smallest absolute Gasteiger partial charge is 0.0633 e. The molecule has 3 nitrogen and oxygen atoms in total. The van der Waals surface area contributed by atoms with Gasteiger partial charge in [0.15, 0.2) is 0 Å². The van der Waals surface area contributed by atoms with Crippen molar-refractivity contribution in [3.05, 3.63) is 115 Å². The summed E-state index contributed by atoms with van der Waals surface area (Å²) in [5.41, 5.74) is 8.22. The van der Waals surface area contributed by atoms with Crippen LogP contribution in [0.4, 0.5) is 0 Å². The van der Waals surface area contributed by atoms with Gasteiger partial charge in [-0.15, -0.1) is 0 Å². The van der Waals surface area contributed by atoms with Gasteiger partial charge in [0, 0.05) is 30.5 Å². The van der Waals surface area contributed by atoms with Gasteiger partial charge in [-0.05, 0) is 52.4 Å². The van der Waals surface area contributed by atoms with Crippen LogP contribution < -0.4 is 0 Å². The van der Waals surface area contributed by atoms with Crippen molar-refractivity contribution in [2.75, 3.05) is 0 Å². The molecule has 0 saturated heterocycles. The number of aromatic nitrogens is 2. The molecule has 140 valence electrons. The predicted octanol–water partition coefficient (Wildman–Crippen LogP) is 6.29. The zero-order valence-corrected chi connectivity index (χ0v) is 16.3. The lowest BCUT2D eigenvalue weighted by atomic mass is 10.0. The Balaban J connectivity index is 1.50. The topological polar surface area (TPSA) is 38.1 Å². The highest BCUT2D eigenvalue weighted by atomic mass is 14.7. The number of hydrogen-bond donors (Lipinski definition) is 0. The van der Waals surface area contributed by atoms with Crippen LogP contribution in [0.1, 0.15) is 18.1 Å². The van der Waals surface area contributed by atoms with Gasteiger partial charge in [-0.3, -0.25) is 15.0 Å². The first-order valence-electron chi connectivity index (χ1n) is 9.46. The van der Waals surface area contributed by atoms with Gasteiger partial charge < -0.3 is 0 Å². The highest BCUT2D eigenvalue weighted by Gasteiger charge is 2.04. The van der Waals surface area contributed by atoms with Gasteiger partial charge in [-0.25, -0.2) is 0 Å². The molecule has 0 spiro atoms. The van der Waals surface area contributed by atoms with E-state index >= 15 is 0 Å². The van der Waals surface area contributed by atoms with Crippen molar-refractivity contribution in [3.8, 4) is 22.3 Å². The van der Waals surface area contributed by atoms with E-state index in [0.29, 0.717) is 0 Å². The summed E-state index contributed by atoms with van der Waals surface area (Å²) in [6.07, 6.45) is 7.29. The minimum atomic E-state index is 0.747. The van der Waals surface area contributed by atoms with Gasteiger partial charge in [0.1, 0.15) is 0 Å². The molecule has 0 N–H and O–H groups in total. The van der Waals surface area contributed by atoms with Crippen LogP contribution in [0.15, 0.2) is 109 Å². The lowest BCUT2D eigenvalue weighted by Crippen LogP contribution is -1.95. The SMILES string of the molecule is C=C(N=C(C)c1ccc(-c2cccnc2)cc1)c1ccc(-c2cccnc2)cc1. The number of pyridine rings is 2. The molecular formula is C26H21N3. The molecule has 0 saturated carbocycles. The predicted molar refractivity (Wildman–Crippen MR) is 121 cm³/mol. The molecule has 0 aliphatic carbocycles. The molecule has 2 heterocycles. The van der Waals surface area contributed by atoms with Crippen LogP contribution >= 0.6 is 0 Å². The molecule has 29 heavy (non-hydrogen) atoms. The molecular weight excluding hydrogens is 354 g/mol.